The molecule has 0 aliphatic rings. The smallest absolute Gasteiger partial charge is 0.254 e. The molecular formula is C15H15N5OS. The van der Waals surface area contributed by atoms with Crippen molar-refractivity contribution < 1.29 is 4.79 Å². The van der Waals surface area contributed by atoms with Crippen LogP contribution in [0.5, 0.6) is 0 Å². The second-order valence-corrected chi connectivity index (χ2v) is 5.57. The van der Waals surface area contributed by atoms with Crippen LogP contribution < -0.4 is 5.32 Å². The van der Waals surface area contributed by atoms with E-state index < -0.39 is 0 Å². The van der Waals surface area contributed by atoms with Crippen LogP contribution in [0.2, 0.25) is 0 Å². The fourth-order valence-electron chi connectivity index (χ4n) is 2.08. The van der Waals surface area contributed by atoms with E-state index in [1.54, 1.807) is 5.38 Å². The van der Waals surface area contributed by atoms with Crippen LogP contribution in [0.15, 0.2) is 29.6 Å². The first-order chi connectivity index (χ1) is 10.6. The van der Waals surface area contributed by atoms with Gasteiger partial charge in [0, 0.05) is 17.5 Å². The van der Waals surface area contributed by atoms with E-state index in [9.17, 15) is 4.79 Å². The third-order valence-corrected chi connectivity index (χ3v) is 3.95. The molecule has 2 N–H and O–H groups in total. The van der Waals surface area contributed by atoms with Crippen molar-refractivity contribution in [3.63, 3.8) is 0 Å². The van der Waals surface area contributed by atoms with E-state index in [-0.39, 0.29) is 5.91 Å². The van der Waals surface area contributed by atoms with Crippen LogP contribution in [0.4, 0.5) is 0 Å². The molecule has 3 aromatic rings. The number of carbonyl (C=O) groups excluding carboxylic acids is 1. The minimum absolute atomic E-state index is 0.106. The van der Waals surface area contributed by atoms with Crippen molar-refractivity contribution in [3.05, 3.63) is 52.3 Å². The zero-order valence-corrected chi connectivity index (χ0v) is 13.1. The predicted octanol–water partition coefficient (Wildman–Crippen LogP) is 2.48. The highest BCUT2D eigenvalue weighted by atomic mass is 32.1. The Morgan fingerprint density at radius 3 is 2.91 bits per heavy atom. The monoisotopic (exact) mass is 313 g/mol. The summed E-state index contributed by atoms with van der Waals surface area (Å²) in [6.07, 6.45) is 0. The number of aryl methyl sites for hydroxylation is 2. The summed E-state index contributed by atoms with van der Waals surface area (Å²) >= 11 is 1.29. The Hall–Kier alpha value is -2.54. The molecule has 112 valence electrons. The second-order valence-electron chi connectivity index (χ2n) is 4.94. The third kappa shape index (κ3) is 3.04. The first-order valence-electron chi connectivity index (χ1n) is 6.81. The Morgan fingerprint density at radius 2 is 2.23 bits per heavy atom. The zero-order valence-electron chi connectivity index (χ0n) is 12.3. The van der Waals surface area contributed by atoms with Gasteiger partial charge in [-0.2, -0.15) is 9.47 Å². The quantitative estimate of drug-likeness (QED) is 0.775. The molecule has 0 aliphatic heterocycles. The summed E-state index contributed by atoms with van der Waals surface area (Å²) in [5.74, 6) is 1.32. The van der Waals surface area contributed by atoms with Gasteiger partial charge in [0.2, 0.25) is 0 Å². The third-order valence-electron chi connectivity index (χ3n) is 3.23. The summed E-state index contributed by atoms with van der Waals surface area (Å²) in [4.78, 5) is 16.4. The number of nitrogens with zero attached hydrogens (tertiary/aromatic N) is 3. The minimum Gasteiger partial charge on any atom is -0.348 e. The molecule has 0 atom stereocenters. The summed E-state index contributed by atoms with van der Waals surface area (Å²) in [5, 5.41) is 11.6. The number of hydrogen-bond acceptors (Lipinski definition) is 5. The van der Waals surface area contributed by atoms with E-state index in [1.165, 1.54) is 11.5 Å². The van der Waals surface area contributed by atoms with Gasteiger partial charge in [-0.3, -0.25) is 9.89 Å². The molecule has 0 spiro atoms. The van der Waals surface area contributed by atoms with E-state index >= 15 is 0 Å². The zero-order chi connectivity index (χ0) is 15.5. The van der Waals surface area contributed by atoms with E-state index in [2.05, 4.69) is 24.9 Å². The first-order valence-corrected chi connectivity index (χ1v) is 7.64. The van der Waals surface area contributed by atoms with Crippen molar-refractivity contribution in [2.45, 2.75) is 20.4 Å². The van der Waals surface area contributed by atoms with Crippen molar-refractivity contribution in [1.82, 2.24) is 24.9 Å². The molecule has 2 heterocycles. The van der Waals surface area contributed by atoms with E-state index in [0.717, 1.165) is 22.6 Å². The SMILES string of the molecule is Cc1nc(-c2cccc(CNC(=O)c3csnc3C)c2)n[nH]1. The summed E-state index contributed by atoms with van der Waals surface area (Å²) in [5.41, 5.74) is 3.30. The van der Waals surface area contributed by atoms with Crippen molar-refractivity contribution >= 4 is 17.4 Å². The van der Waals surface area contributed by atoms with Crippen LogP contribution in [-0.2, 0) is 6.54 Å². The molecule has 0 bridgehead atoms. The van der Waals surface area contributed by atoms with Gasteiger partial charge in [0.25, 0.3) is 5.91 Å². The Morgan fingerprint density at radius 1 is 1.36 bits per heavy atom. The van der Waals surface area contributed by atoms with E-state index in [0.29, 0.717) is 17.9 Å². The Kier molecular flexibility index (Phi) is 3.97. The normalized spacial score (nSPS) is 10.6. The lowest BCUT2D eigenvalue weighted by molar-refractivity contribution is 0.0950. The van der Waals surface area contributed by atoms with Crippen LogP contribution in [-0.4, -0.2) is 25.5 Å². The second kappa shape index (κ2) is 6.07. The molecule has 0 unspecified atom stereocenters. The van der Waals surface area contributed by atoms with Crippen molar-refractivity contribution in [2.75, 3.05) is 0 Å². The van der Waals surface area contributed by atoms with Gasteiger partial charge in [-0.05, 0) is 37.0 Å². The lowest BCUT2D eigenvalue weighted by atomic mass is 10.1. The first kappa shape index (κ1) is 14.4. The molecule has 0 fully saturated rings. The predicted molar refractivity (Wildman–Crippen MR) is 84.6 cm³/mol. The van der Waals surface area contributed by atoms with Crippen molar-refractivity contribution in [3.8, 4) is 11.4 Å². The fraction of sp³-hybridized carbons (Fsp3) is 0.200. The Labute approximate surface area is 131 Å². The molecule has 1 aromatic carbocycles. The van der Waals surface area contributed by atoms with Crippen LogP contribution in [0.25, 0.3) is 11.4 Å². The summed E-state index contributed by atoms with van der Waals surface area (Å²) in [6.45, 7) is 4.14. The van der Waals surface area contributed by atoms with Gasteiger partial charge in [0.1, 0.15) is 5.82 Å². The van der Waals surface area contributed by atoms with Gasteiger partial charge in [0.05, 0.1) is 11.3 Å². The highest BCUT2D eigenvalue weighted by Gasteiger charge is 2.11. The van der Waals surface area contributed by atoms with Gasteiger partial charge in [-0.15, -0.1) is 0 Å². The highest BCUT2D eigenvalue weighted by molar-refractivity contribution is 7.03. The minimum atomic E-state index is -0.106. The topological polar surface area (TPSA) is 83.6 Å². The average Bonchev–Trinajstić information content (AvgIpc) is 3.14. The van der Waals surface area contributed by atoms with Crippen LogP contribution in [0, 0.1) is 13.8 Å². The number of aromatic nitrogens is 4. The molecule has 6 nitrogen and oxygen atoms in total. The fourth-order valence-corrected chi connectivity index (χ4v) is 2.77. The average molecular weight is 313 g/mol. The maximum absolute atomic E-state index is 12.1. The number of H-pyrrole nitrogens is 1. The molecular weight excluding hydrogens is 298 g/mol. The van der Waals surface area contributed by atoms with Gasteiger partial charge >= 0.3 is 0 Å². The van der Waals surface area contributed by atoms with Crippen LogP contribution in [0.1, 0.15) is 27.4 Å². The Balaban J connectivity index is 1.71. The lowest BCUT2D eigenvalue weighted by Crippen LogP contribution is -2.23. The molecule has 0 aliphatic carbocycles. The molecule has 0 saturated carbocycles. The number of carbonyl (C=O) groups is 1. The summed E-state index contributed by atoms with van der Waals surface area (Å²) in [7, 11) is 0. The number of benzene rings is 1. The molecule has 22 heavy (non-hydrogen) atoms. The highest BCUT2D eigenvalue weighted by Crippen LogP contribution is 2.16. The number of amides is 1. The van der Waals surface area contributed by atoms with Gasteiger partial charge in [-0.1, -0.05) is 18.2 Å². The number of aromatic amines is 1. The number of hydrogen-bond donors (Lipinski definition) is 2. The van der Waals surface area contributed by atoms with Gasteiger partial charge in [0.15, 0.2) is 5.82 Å². The molecule has 0 saturated heterocycles. The number of rotatable bonds is 4. The van der Waals surface area contributed by atoms with Crippen LogP contribution in [0.3, 0.4) is 0 Å². The van der Waals surface area contributed by atoms with Gasteiger partial charge < -0.3 is 5.32 Å². The van der Waals surface area contributed by atoms with E-state index in [1.807, 2.05) is 38.1 Å². The molecule has 7 heteroatoms. The maximum Gasteiger partial charge on any atom is 0.254 e. The molecule has 0 radical (unpaired) electrons. The van der Waals surface area contributed by atoms with Crippen molar-refractivity contribution in [2.24, 2.45) is 0 Å². The van der Waals surface area contributed by atoms with Crippen molar-refractivity contribution in [1.29, 1.82) is 0 Å². The maximum atomic E-state index is 12.1. The lowest BCUT2D eigenvalue weighted by Gasteiger charge is -2.06. The number of nitrogens with one attached hydrogen (secondary N) is 2. The van der Waals surface area contributed by atoms with E-state index in [4.69, 9.17) is 0 Å². The molecule has 2 aromatic heterocycles. The summed E-state index contributed by atoms with van der Waals surface area (Å²) < 4.78 is 4.11. The summed E-state index contributed by atoms with van der Waals surface area (Å²) in [6, 6.07) is 7.81. The van der Waals surface area contributed by atoms with Gasteiger partial charge in [-0.25, -0.2) is 4.98 Å². The standard InChI is InChI=1S/C15H15N5OS/c1-9-13(8-22-20-9)15(21)16-7-11-4-3-5-12(6-11)14-17-10(2)18-19-14/h3-6,8H,7H2,1-2H3,(H,16,21)(H,17,18,19). The largest absolute Gasteiger partial charge is 0.348 e. The molecule has 3 rings (SSSR count). The Bertz CT molecular complexity index is 808. The van der Waals surface area contributed by atoms with Crippen LogP contribution >= 0.6 is 11.5 Å². The molecule has 1 amide bonds.